The zero-order valence-electron chi connectivity index (χ0n) is 14.6. The molecule has 0 spiro atoms. The molecule has 0 saturated heterocycles. The number of benzene rings is 2. The number of carbonyl (C=O) groups is 1. The molecular weight excluding hydrogens is 382 g/mol. The van der Waals surface area contributed by atoms with Gasteiger partial charge in [-0.05, 0) is 49.6 Å². The number of hydrogen-bond donors (Lipinski definition) is 1. The third-order valence-corrected chi connectivity index (χ3v) is 5.57. The summed E-state index contributed by atoms with van der Waals surface area (Å²) in [4.78, 5) is 12.9. The highest BCUT2D eigenvalue weighted by Gasteiger charge is 2.49. The lowest BCUT2D eigenvalue weighted by Gasteiger charge is -2.26. The van der Waals surface area contributed by atoms with Gasteiger partial charge in [-0.3, -0.25) is 4.79 Å². The number of halogens is 1. The zero-order valence-corrected chi connectivity index (χ0v) is 16.2. The Morgan fingerprint density at radius 1 is 1.08 bits per heavy atom. The Labute approximate surface area is 156 Å². The fraction of sp³-hybridized carbons (Fsp3) is 0.350. The third-order valence-electron chi connectivity index (χ3n) is 5.04. The Hall–Kier alpha value is -2.01. The van der Waals surface area contributed by atoms with E-state index in [0.29, 0.717) is 17.1 Å². The second-order valence-corrected chi connectivity index (χ2v) is 7.31. The second-order valence-electron chi connectivity index (χ2n) is 6.40. The molecule has 0 heterocycles. The summed E-state index contributed by atoms with van der Waals surface area (Å²) in [6, 6.07) is 13.7. The number of hydrogen-bond acceptors (Lipinski definition) is 3. The van der Waals surface area contributed by atoms with Crippen LogP contribution in [-0.4, -0.2) is 26.2 Å². The molecule has 0 aliphatic heterocycles. The standard InChI is InChI=1S/C20H22BrNO3/c1-13(20(11-12-20)14-7-9-15(21)10-8-14)22-19(23)18-16(24-2)5-4-6-17(18)25-3/h4-10,13H,11-12H2,1-3H3,(H,22,23). The van der Waals surface area contributed by atoms with Gasteiger partial charge in [-0.25, -0.2) is 0 Å². The molecule has 25 heavy (non-hydrogen) atoms. The van der Waals surface area contributed by atoms with Gasteiger partial charge in [0.15, 0.2) is 0 Å². The van der Waals surface area contributed by atoms with Crippen molar-refractivity contribution in [3.63, 3.8) is 0 Å². The van der Waals surface area contributed by atoms with E-state index >= 15 is 0 Å². The topological polar surface area (TPSA) is 47.6 Å². The van der Waals surface area contributed by atoms with Crippen molar-refractivity contribution in [3.8, 4) is 11.5 Å². The zero-order chi connectivity index (χ0) is 18.0. The highest BCUT2D eigenvalue weighted by atomic mass is 79.9. The Morgan fingerprint density at radius 2 is 1.64 bits per heavy atom. The van der Waals surface area contributed by atoms with Crippen molar-refractivity contribution >= 4 is 21.8 Å². The maximum Gasteiger partial charge on any atom is 0.259 e. The van der Waals surface area contributed by atoms with E-state index in [2.05, 4.69) is 40.3 Å². The molecular formula is C20H22BrNO3. The predicted octanol–water partition coefficient (Wildman–Crippen LogP) is 4.32. The van der Waals surface area contributed by atoms with E-state index in [0.717, 1.165) is 17.3 Å². The van der Waals surface area contributed by atoms with Crippen LogP contribution in [0.5, 0.6) is 11.5 Å². The van der Waals surface area contributed by atoms with Gasteiger partial charge in [0.05, 0.1) is 14.2 Å². The summed E-state index contributed by atoms with van der Waals surface area (Å²) in [6.07, 6.45) is 2.14. The summed E-state index contributed by atoms with van der Waals surface area (Å²) in [5.74, 6) is 0.847. The van der Waals surface area contributed by atoms with Crippen molar-refractivity contribution < 1.29 is 14.3 Å². The van der Waals surface area contributed by atoms with E-state index in [-0.39, 0.29) is 17.4 Å². The van der Waals surface area contributed by atoms with Crippen LogP contribution >= 0.6 is 15.9 Å². The Bertz CT molecular complexity index is 747. The molecule has 0 radical (unpaired) electrons. The van der Waals surface area contributed by atoms with Crippen LogP contribution in [0, 0.1) is 0 Å². The summed E-state index contributed by atoms with van der Waals surface area (Å²) < 4.78 is 11.7. The lowest BCUT2D eigenvalue weighted by Crippen LogP contribution is -2.41. The molecule has 0 bridgehead atoms. The number of amides is 1. The second kappa shape index (κ2) is 7.08. The molecule has 3 rings (SSSR count). The molecule has 1 amide bonds. The van der Waals surface area contributed by atoms with Gasteiger partial charge in [0, 0.05) is 15.9 Å². The highest BCUT2D eigenvalue weighted by molar-refractivity contribution is 9.10. The maximum atomic E-state index is 12.9. The van der Waals surface area contributed by atoms with Crippen LogP contribution in [0.25, 0.3) is 0 Å². The monoisotopic (exact) mass is 403 g/mol. The smallest absolute Gasteiger partial charge is 0.259 e. The number of carbonyl (C=O) groups excluding carboxylic acids is 1. The van der Waals surface area contributed by atoms with E-state index in [1.165, 1.54) is 5.56 Å². The molecule has 1 aliphatic carbocycles. The molecule has 1 saturated carbocycles. The van der Waals surface area contributed by atoms with Gasteiger partial charge in [-0.2, -0.15) is 0 Å². The largest absolute Gasteiger partial charge is 0.496 e. The van der Waals surface area contributed by atoms with Crippen molar-refractivity contribution in [2.45, 2.75) is 31.2 Å². The first-order valence-corrected chi connectivity index (χ1v) is 9.09. The quantitative estimate of drug-likeness (QED) is 0.781. The van der Waals surface area contributed by atoms with E-state index < -0.39 is 0 Å². The van der Waals surface area contributed by atoms with Crippen LogP contribution in [0.4, 0.5) is 0 Å². The molecule has 1 atom stereocenters. The van der Waals surface area contributed by atoms with Crippen LogP contribution in [0.1, 0.15) is 35.7 Å². The van der Waals surface area contributed by atoms with Gasteiger partial charge in [0.1, 0.15) is 17.1 Å². The fourth-order valence-electron chi connectivity index (χ4n) is 3.37. The van der Waals surface area contributed by atoms with Crippen molar-refractivity contribution in [2.24, 2.45) is 0 Å². The van der Waals surface area contributed by atoms with Gasteiger partial charge in [0.2, 0.25) is 0 Å². The van der Waals surface area contributed by atoms with Gasteiger partial charge in [-0.15, -0.1) is 0 Å². The molecule has 2 aromatic rings. The third kappa shape index (κ3) is 3.38. The van der Waals surface area contributed by atoms with Crippen molar-refractivity contribution in [1.29, 1.82) is 0 Å². The number of ether oxygens (including phenoxy) is 2. The van der Waals surface area contributed by atoms with Gasteiger partial charge in [-0.1, -0.05) is 34.1 Å². The summed E-state index contributed by atoms with van der Waals surface area (Å²) >= 11 is 3.47. The minimum Gasteiger partial charge on any atom is -0.496 e. The number of nitrogens with one attached hydrogen (secondary N) is 1. The van der Waals surface area contributed by atoms with Crippen LogP contribution in [0.15, 0.2) is 46.9 Å². The summed E-state index contributed by atoms with van der Waals surface area (Å²) in [6.45, 7) is 2.06. The predicted molar refractivity (Wildman–Crippen MR) is 102 cm³/mol. The number of methoxy groups -OCH3 is 2. The molecule has 1 aliphatic rings. The summed E-state index contributed by atoms with van der Waals surface area (Å²) in [5, 5.41) is 3.15. The lowest BCUT2D eigenvalue weighted by atomic mass is 9.89. The average molecular weight is 404 g/mol. The minimum atomic E-state index is -0.176. The van der Waals surface area contributed by atoms with Gasteiger partial charge >= 0.3 is 0 Å². The van der Waals surface area contributed by atoms with E-state index in [9.17, 15) is 4.79 Å². The van der Waals surface area contributed by atoms with Crippen molar-refractivity contribution in [1.82, 2.24) is 5.32 Å². The van der Waals surface area contributed by atoms with E-state index in [1.807, 2.05) is 18.2 Å². The van der Waals surface area contributed by atoms with Gasteiger partial charge in [0.25, 0.3) is 5.91 Å². The van der Waals surface area contributed by atoms with E-state index in [1.54, 1.807) is 26.4 Å². The lowest BCUT2D eigenvalue weighted by molar-refractivity contribution is 0.0925. The van der Waals surface area contributed by atoms with Gasteiger partial charge < -0.3 is 14.8 Å². The molecule has 1 fully saturated rings. The minimum absolute atomic E-state index is 0.00557. The molecule has 132 valence electrons. The first kappa shape index (κ1) is 17.8. The molecule has 1 N–H and O–H groups in total. The molecule has 1 unspecified atom stereocenters. The van der Waals surface area contributed by atoms with Crippen LogP contribution in [0.3, 0.4) is 0 Å². The Morgan fingerprint density at radius 3 is 2.12 bits per heavy atom. The normalized spacial score (nSPS) is 16.0. The SMILES string of the molecule is COc1cccc(OC)c1C(=O)NC(C)C1(c2ccc(Br)cc2)CC1. The summed E-state index contributed by atoms with van der Waals surface area (Å²) in [5.41, 5.74) is 1.70. The fourth-order valence-corrected chi connectivity index (χ4v) is 3.63. The highest BCUT2D eigenvalue weighted by Crippen LogP contribution is 2.51. The van der Waals surface area contributed by atoms with Crippen LogP contribution in [0.2, 0.25) is 0 Å². The first-order chi connectivity index (χ1) is 12.0. The molecule has 0 aromatic heterocycles. The Kier molecular flexibility index (Phi) is 5.04. The Balaban J connectivity index is 1.83. The van der Waals surface area contributed by atoms with Crippen molar-refractivity contribution in [2.75, 3.05) is 14.2 Å². The summed E-state index contributed by atoms with van der Waals surface area (Å²) in [7, 11) is 3.11. The maximum absolute atomic E-state index is 12.9. The van der Waals surface area contributed by atoms with E-state index in [4.69, 9.17) is 9.47 Å². The van der Waals surface area contributed by atoms with Crippen molar-refractivity contribution in [3.05, 3.63) is 58.1 Å². The molecule has 5 heteroatoms. The van der Waals surface area contributed by atoms with Crippen LogP contribution in [-0.2, 0) is 5.41 Å². The number of rotatable bonds is 6. The first-order valence-electron chi connectivity index (χ1n) is 8.30. The van der Waals surface area contributed by atoms with Crippen LogP contribution < -0.4 is 14.8 Å². The molecule has 4 nitrogen and oxygen atoms in total. The molecule has 2 aromatic carbocycles. The average Bonchev–Trinajstić information content (AvgIpc) is 3.43.